The summed E-state index contributed by atoms with van der Waals surface area (Å²) in [5, 5.41) is 18.1. The number of likely N-dealkylation sites (tertiary alicyclic amines) is 1. The van der Waals surface area contributed by atoms with Gasteiger partial charge < -0.3 is 30.7 Å². The summed E-state index contributed by atoms with van der Waals surface area (Å²) in [6, 6.07) is 5.72. The number of nitrogens with one attached hydrogen (secondary N) is 3. The molecule has 2 saturated heterocycles. The second kappa shape index (κ2) is 14.0. The topological polar surface area (TPSA) is 137 Å². The lowest BCUT2D eigenvalue weighted by Gasteiger charge is -2.33. The second-order valence-electron chi connectivity index (χ2n) is 10.1. The van der Waals surface area contributed by atoms with Crippen molar-refractivity contribution in [3.63, 3.8) is 0 Å². The maximum absolute atomic E-state index is 12.8. The number of carbonyl (C=O) groups excluding carboxylic acids is 3. The van der Waals surface area contributed by atoms with Gasteiger partial charge in [-0.1, -0.05) is 12.1 Å². The molecule has 0 aliphatic carbocycles. The van der Waals surface area contributed by atoms with E-state index >= 15 is 0 Å². The minimum atomic E-state index is -1.26. The number of nitrogens with zero attached hydrogens (tertiary/aromatic N) is 1. The second-order valence-corrected chi connectivity index (χ2v) is 10.1. The summed E-state index contributed by atoms with van der Waals surface area (Å²) < 4.78 is 5.12. The molecule has 10 nitrogen and oxygen atoms in total. The first kappa shape index (κ1) is 28.4. The molecular formula is C27H40N4O6. The number of amides is 3. The molecule has 2 heterocycles. The van der Waals surface area contributed by atoms with Gasteiger partial charge >= 0.3 is 5.97 Å². The smallest absolute Gasteiger partial charge is 0.328 e. The van der Waals surface area contributed by atoms with E-state index in [1.54, 1.807) is 43.2 Å². The SMILES string of the molecule is COc1ccc(C(C)C(=O)N[C@H](CNC(=O)[C@@H]2CCCN(C(=O)CCC3CCNCC3)C2)C(=O)O)cc1. The summed E-state index contributed by atoms with van der Waals surface area (Å²) in [6.07, 6.45) is 4.94. The fraction of sp³-hybridized carbons (Fsp3) is 0.630. The Hall–Kier alpha value is -3.14. The first-order valence-corrected chi connectivity index (χ1v) is 13.2. The van der Waals surface area contributed by atoms with E-state index in [1.165, 1.54) is 0 Å². The number of carbonyl (C=O) groups is 4. The summed E-state index contributed by atoms with van der Waals surface area (Å²) in [7, 11) is 1.55. The molecule has 2 fully saturated rings. The summed E-state index contributed by atoms with van der Waals surface area (Å²) in [5.74, 6) is -1.62. The number of methoxy groups -OCH3 is 1. The largest absolute Gasteiger partial charge is 0.497 e. The predicted molar refractivity (Wildman–Crippen MR) is 138 cm³/mol. The summed E-state index contributed by atoms with van der Waals surface area (Å²) in [5.41, 5.74) is 0.721. The number of hydrogen-bond donors (Lipinski definition) is 4. The molecule has 2 aliphatic heterocycles. The predicted octanol–water partition coefficient (Wildman–Crippen LogP) is 1.50. The van der Waals surface area contributed by atoms with Crippen LogP contribution in [0.25, 0.3) is 0 Å². The maximum Gasteiger partial charge on any atom is 0.328 e. The average molecular weight is 517 g/mol. The van der Waals surface area contributed by atoms with Gasteiger partial charge in [0.05, 0.1) is 18.9 Å². The molecule has 0 saturated carbocycles. The van der Waals surface area contributed by atoms with E-state index in [1.807, 2.05) is 0 Å². The quantitative estimate of drug-likeness (QED) is 0.350. The van der Waals surface area contributed by atoms with Gasteiger partial charge in [-0.05, 0) is 75.7 Å². The average Bonchev–Trinajstić information content (AvgIpc) is 2.93. The van der Waals surface area contributed by atoms with Crippen molar-refractivity contribution in [3.8, 4) is 5.75 Å². The number of rotatable bonds is 11. The molecule has 0 spiro atoms. The Kier molecular flexibility index (Phi) is 10.7. The van der Waals surface area contributed by atoms with Gasteiger partial charge in [0.2, 0.25) is 17.7 Å². The molecule has 2 aliphatic rings. The van der Waals surface area contributed by atoms with E-state index in [9.17, 15) is 24.3 Å². The van der Waals surface area contributed by atoms with E-state index in [0.29, 0.717) is 37.6 Å². The van der Waals surface area contributed by atoms with Crippen LogP contribution in [-0.4, -0.2) is 79.6 Å². The van der Waals surface area contributed by atoms with Crippen LogP contribution in [0.3, 0.4) is 0 Å². The van der Waals surface area contributed by atoms with Crippen LogP contribution in [0.5, 0.6) is 5.75 Å². The van der Waals surface area contributed by atoms with Crippen molar-refractivity contribution in [2.75, 3.05) is 39.8 Å². The third-order valence-electron chi connectivity index (χ3n) is 7.47. The third-order valence-corrected chi connectivity index (χ3v) is 7.47. The molecule has 4 N–H and O–H groups in total. The standard InChI is InChI=1S/C27H40N4O6/c1-18(20-6-8-22(37-2)9-7-20)25(33)30-23(27(35)36)16-29-26(34)21-4-3-15-31(17-21)24(32)10-5-19-11-13-28-14-12-19/h6-9,18-19,21,23,28H,3-5,10-17H2,1-2H3,(H,29,34)(H,30,33)(H,35,36)/t18?,21-,23-/m1/s1. The molecule has 1 unspecified atom stereocenters. The number of benzene rings is 1. The molecule has 3 rings (SSSR count). The highest BCUT2D eigenvalue weighted by molar-refractivity contribution is 5.88. The Balaban J connectivity index is 1.46. The highest BCUT2D eigenvalue weighted by Crippen LogP contribution is 2.22. The van der Waals surface area contributed by atoms with Gasteiger partial charge in [0.25, 0.3) is 0 Å². The van der Waals surface area contributed by atoms with Crippen LogP contribution >= 0.6 is 0 Å². The molecule has 1 aromatic carbocycles. The van der Waals surface area contributed by atoms with Crippen LogP contribution in [0.1, 0.15) is 56.9 Å². The number of piperidine rings is 2. The van der Waals surface area contributed by atoms with Crippen LogP contribution < -0.4 is 20.7 Å². The highest BCUT2D eigenvalue weighted by Gasteiger charge is 2.30. The van der Waals surface area contributed by atoms with Gasteiger partial charge in [-0.2, -0.15) is 0 Å². The van der Waals surface area contributed by atoms with Gasteiger partial charge in [0, 0.05) is 26.1 Å². The minimum absolute atomic E-state index is 0.0826. The van der Waals surface area contributed by atoms with Gasteiger partial charge in [0.15, 0.2) is 0 Å². The van der Waals surface area contributed by atoms with Gasteiger partial charge in [-0.3, -0.25) is 14.4 Å². The third kappa shape index (κ3) is 8.45. The van der Waals surface area contributed by atoms with E-state index in [4.69, 9.17) is 4.74 Å². The first-order chi connectivity index (χ1) is 17.8. The first-order valence-electron chi connectivity index (χ1n) is 13.2. The minimum Gasteiger partial charge on any atom is -0.497 e. The lowest BCUT2D eigenvalue weighted by molar-refractivity contribution is -0.142. The summed E-state index contributed by atoms with van der Waals surface area (Å²) in [6.45, 7) is 4.45. The monoisotopic (exact) mass is 516 g/mol. The maximum atomic E-state index is 12.8. The van der Waals surface area contributed by atoms with Crippen molar-refractivity contribution in [3.05, 3.63) is 29.8 Å². The summed E-state index contributed by atoms with van der Waals surface area (Å²) in [4.78, 5) is 51.8. The molecule has 0 aromatic heterocycles. The number of hydrogen-bond acceptors (Lipinski definition) is 6. The van der Waals surface area contributed by atoms with Gasteiger partial charge in [-0.25, -0.2) is 4.79 Å². The van der Waals surface area contributed by atoms with Crippen molar-refractivity contribution in [2.24, 2.45) is 11.8 Å². The number of ether oxygens (including phenoxy) is 1. The van der Waals surface area contributed by atoms with Gasteiger partial charge in [-0.15, -0.1) is 0 Å². The molecular weight excluding hydrogens is 476 g/mol. The molecule has 0 radical (unpaired) electrons. The van der Waals surface area contributed by atoms with Crippen molar-refractivity contribution in [2.45, 2.75) is 57.4 Å². The lowest BCUT2D eigenvalue weighted by Crippen LogP contribution is -2.52. The van der Waals surface area contributed by atoms with Crippen molar-refractivity contribution in [1.29, 1.82) is 0 Å². The Morgan fingerprint density at radius 3 is 2.49 bits per heavy atom. The molecule has 10 heteroatoms. The van der Waals surface area contributed by atoms with Crippen LogP contribution in [0.15, 0.2) is 24.3 Å². The van der Waals surface area contributed by atoms with Gasteiger partial charge in [0.1, 0.15) is 11.8 Å². The molecule has 204 valence electrons. The molecule has 3 amide bonds. The Bertz CT molecular complexity index is 931. The normalized spacial score (nSPS) is 19.9. The van der Waals surface area contributed by atoms with Crippen LogP contribution in [0.4, 0.5) is 0 Å². The van der Waals surface area contributed by atoms with Crippen LogP contribution in [0, 0.1) is 11.8 Å². The lowest BCUT2D eigenvalue weighted by atomic mass is 9.92. The fourth-order valence-corrected chi connectivity index (χ4v) is 4.96. The Morgan fingerprint density at radius 2 is 1.84 bits per heavy atom. The van der Waals surface area contributed by atoms with E-state index in [-0.39, 0.29) is 24.3 Å². The molecule has 37 heavy (non-hydrogen) atoms. The van der Waals surface area contributed by atoms with Crippen LogP contribution in [0.2, 0.25) is 0 Å². The molecule has 3 atom stereocenters. The zero-order valence-electron chi connectivity index (χ0n) is 21.8. The molecule has 0 bridgehead atoms. The number of aliphatic carboxylic acids is 1. The summed E-state index contributed by atoms with van der Waals surface area (Å²) >= 11 is 0. The molecule has 1 aromatic rings. The van der Waals surface area contributed by atoms with Crippen molar-refractivity contribution in [1.82, 2.24) is 20.9 Å². The van der Waals surface area contributed by atoms with E-state index in [2.05, 4.69) is 16.0 Å². The zero-order valence-corrected chi connectivity index (χ0v) is 21.8. The fourth-order valence-electron chi connectivity index (χ4n) is 4.96. The number of carboxylic acid groups (broad SMARTS) is 1. The Morgan fingerprint density at radius 1 is 1.14 bits per heavy atom. The van der Waals surface area contributed by atoms with Crippen molar-refractivity contribution < 1.29 is 29.0 Å². The van der Waals surface area contributed by atoms with E-state index in [0.717, 1.165) is 44.3 Å². The Labute approximate surface area is 218 Å². The highest BCUT2D eigenvalue weighted by atomic mass is 16.5. The van der Waals surface area contributed by atoms with Crippen molar-refractivity contribution >= 4 is 23.7 Å². The zero-order chi connectivity index (χ0) is 26.8. The van der Waals surface area contributed by atoms with E-state index < -0.39 is 23.8 Å². The van der Waals surface area contributed by atoms with Crippen LogP contribution in [-0.2, 0) is 19.2 Å². The number of carboxylic acids is 1.